The Hall–Kier alpha value is -2.04. The lowest BCUT2D eigenvalue weighted by Gasteiger charge is -2.24. The highest BCUT2D eigenvalue weighted by Gasteiger charge is 2.26. The SMILES string of the molecule is CCNC(=O)CNC(=O)CN1c2ccccc2C[C@@H]1C. The number of hydrogen-bond acceptors (Lipinski definition) is 3. The van der Waals surface area contributed by atoms with Crippen LogP contribution in [0.2, 0.25) is 0 Å². The van der Waals surface area contributed by atoms with Gasteiger partial charge < -0.3 is 15.5 Å². The first-order valence-electron chi connectivity index (χ1n) is 6.99. The van der Waals surface area contributed by atoms with Gasteiger partial charge in [-0.05, 0) is 31.9 Å². The van der Waals surface area contributed by atoms with Crippen molar-refractivity contribution >= 4 is 17.5 Å². The molecule has 1 aliphatic heterocycles. The van der Waals surface area contributed by atoms with Crippen molar-refractivity contribution in [2.45, 2.75) is 26.3 Å². The summed E-state index contributed by atoms with van der Waals surface area (Å²) in [4.78, 5) is 25.3. The second kappa shape index (κ2) is 6.41. The fourth-order valence-corrected chi connectivity index (χ4v) is 2.52. The number of amides is 2. The van der Waals surface area contributed by atoms with Crippen molar-refractivity contribution in [2.24, 2.45) is 0 Å². The van der Waals surface area contributed by atoms with Gasteiger partial charge in [-0.15, -0.1) is 0 Å². The third-order valence-corrected chi connectivity index (χ3v) is 3.48. The van der Waals surface area contributed by atoms with Gasteiger partial charge >= 0.3 is 0 Å². The third-order valence-electron chi connectivity index (χ3n) is 3.48. The fourth-order valence-electron chi connectivity index (χ4n) is 2.52. The minimum absolute atomic E-state index is 0.0382. The van der Waals surface area contributed by atoms with E-state index in [1.807, 2.05) is 25.1 Å². The zero-order chi connectivity index (χ0) is 14.5. The molecule has 1 aromatic carbocycles. The Morgan fingerprint density at radius 3 is 2.75 bits per heavy atom. The standard InChI is InChI=1S/C15H21N3O2/c1-3-16-14(19)9-17-15(20)10-18-11(2)8-12-6-4-5-7-13(12)18/h4-7,11H,3,8-10H2,1-2H3,(H,16,19)(H,17,20)/t11-/m0/s1. The first-order valence-corrected chi connectivity index (χ1v) is 6.99. The predicted molar refractivity (Wildman–Crippen MR) is 78.6 cm³/mol. The summed E-state index contributed by atoms with van der Waals surface area (Å²) in [7, 11) is 0. The fraction of sp³-hybridized carbons (Fsp3) is 0.467. The van der Waals surface area contributed by atoms with Crippen molar-refractivity contribution in [2.75, 3.05) is 24.5 Å². The molecule has 0 aromatic heterocycles. The van der Waals surface area contributed by atoms with Crippen LogP contribution in [0.3, 0.4) is 0 Å². The van der Waals surface area contributed by atoms with Crippen LogP contribution < -0.4 is 15.5 Å². The molecule has 5 nitrogen and oxygen atoms in total. The number of nitrogens with zero attached hydrogens (tertiary/aromatic N) is 1. The number of likely N-dealkylation sites (N-methyl/N-ethyl adjacent to an activating group) is 1. The van der Waals surface area contributed by atoms with E-state index in [0.717, 1.165) is 12.1 Å². The number of fused-ring (bicyclic) bond motifs is 1. The van der Waals surface area contributed by atoms with Crippen molar-refractivity contribution in [3.05, 3.63) is 29.8 Å². The smallest absolute Gasteiger partial charge is 0.239 e. The van der Waals surface area contributed by atoms with Crippen LogP contribution in [0.4, 0.5) is 5.69 Å². The van der Waals surface area contributed by atoms with Crippen molar-refractivity contribution in [1.82, 2.24) is 10.6 Å². The lowest BCUT2D eigenvalue weighted by Crippen LogP contribution is -2.43. The summed E-state index contributed by atoms with van der Waals surface area (Å²) in [6, 6.07) is 8.44. The van der Waals surface area contributed by atoms with Gasteiger partial charge in [0, 0.05) is 18.3 Å². The van der Waals surface area contributed by atoms with Gasteiger partial charge in [0.25, 0.3) is 0 Å². The van der Waals surface area contributed by atoms with Crippen LogP contribution in [0.25, 0.3) is 0 Å². The maximum Gasteiger partial charge on any atom is 0.239 e. The van der Waals surface area contributed by atoms with Gasteiger partial charge in [-0.25, -0.2) is 0 Å². The molecule has 0 saturated heterocycles. The molecular weight excluding hydrogens is 254 g/mol. The van der Waals surface area contributed by atoms with Crippen LogP contribution in [-0.2, 0) is 16.0 Å². The summed E-state index contributed by atoms with van der Waals surface area (Å²) < 4.78 is 0. The van der Waals surface area contributed by atoms with Crippen LogP contribution in [0.5, 0.6) is 0 Å². The van der Waals surface area contributed by atoms with E-state index in [-0.39, 0.29) is 24.9 Å². The molecule has 2 N–H and O–H groups in total. The van der Waals surface area contributed by atoms with E-state index >= 15 is 0 Å². The summed E-state index contributed by atoms with van der Waals surface area (Å²) in [6.45, 7) is 4.86. The minimum atomic E-state index is -0.157. The van der Waals surface area contributed by atoms with E-state index in [4.69, 9.17) is 0 Å². The van der Waals surface area contributed by atoms with Crippen LogP contribution in [0.15, 0.2) is 24.3 Å². The maximum absolute atomic E-state index is 11.9. The van der Waals surface area contributed by atoms with Crippen LogP contribution in [0, 0.1) is 0 Å². The largest absolute Gasteiger partial charge is 0.359 e. The Bertz CT molecular complexity index is 502. The van der Waals surface area contributed by atoms with Gasteiger partial charge in [0.1, 0.15) is 0 Å². The van der Waals surface area contributed by atoms with Gasteiger partial charge in [-0.2, -0.15) is 0 Å². The first-order chi connectivity index (χ1) is 9.61. The van der Waals surface area contributed by atoms with Gasteiger partial charge in [-0.3, -0.25) is 9.59 Å². The lowest BCUT2D eigenvalue weighted by atomic mass is 10.1. The van der Waals surface area contributed by atoms with Gasteiger partial charge in [-0.1, -0.05) is 18.2 Å². The Kier molecular flexibility index (Phi) is 4.61. The van der Waals surface area contributed by atoms with Crippen LogP contribution >= 0.6 is 0 Å². The topological polar surface area (TPSA) is 61.4 Å². The number of carbonyl (C=O) groups is 2. The number of hydrogen-bond donors (Lipinski definition) is 2. The molecule has 1 aromatic rings. The van der Waals surface area contributed by atoms with E-state index in [9.17, 15) is 9.59 Å². The monoisotopic (exact) mass is 275 g/mol. The molecule has 5 heteroatoms. The molecule has 0 bridgehead atoms. The van der Waals surface area contributed by atoms with E-state index < -0.39 is 0 Å². The number of carbonyl (C=O) groups excluding carboxylic acids is 2. The molecule has 0 saturated carbocycles. The highest BCUT2D eigenvalue weighted by molar-refractivity contribution is 5.87. The highest BCUT2D eigenvalue weighted by atomic mass is 16.2. The highest BCUT2D eigenvalue weighted by Crippen LogP contribution is 2.31. The Balaban J connectivity index is 1.90. The molecule has 108 valence electrons. The Morgan fingerprint density at radius 2 is 2.00 bits per heavy atom. The molecule has 0 spiro atoms. The molecule has 1 aliphatic rings. The van der Waals surface area contributed by atoms with Crippen LogP contribution in [-0.4, -0.2) is 37.5 Å². The lowest BCUT2D eigenvalue weighted by molar-refractivity contribution is -0.125. The molecule has 0 aliphatic carbocycles. The molecule has 0 radical (unpaired) electrons. The number of rotatable bonds is 5. The molecule has 1 atom stereocenters. The van der Waals surface area contributed by atoms with Gasteiger partial charge in [0.2, 0.25) is 11.8 Å². The maximum atomic E-state index is 11.9. The van der Waals surface area contributed by atoms with E-state index in [1.165, 1.54) is 5.56 Å². The normalized spacial score (nSPS) is 16.7. The van der Waals surface area contributed by atoms with Gasteiger partial charge in [0.05, 0.1) is 13.1 Å². The minimum Gasteiger partial charge on any atom is -0.359 e. The summed E-state index contributed by atoms with van der Waals surface area (Å²) in [5.41, 5.74) is 2.39. The van der Waals surface area contributed by atoms with E-state index in [1.54, 1.807) is 0 Å². The first kappa shape index (κ1) is 14.4. The average Bonchev–Trinajstić information content (AvgIpc) is 2.73. The molecule has 20 heavy (non-hydrogen) atoms. The van der Waals surface area contributed by atoms with Crippen molar-refractivity contribution in [3.63, 3.8) is 0 Å². The number of anilines is 1. The van der Waals surface area contributed by atoms with Crippen molar-refractivity contribution in [3.8, 4) is 0 Å². The van der Waals surface area contributed by atoms with Gasteiger partial charge in [0.15, 0.2) is 0 Å². The third kappa shape index (κ3) is 3.29. The van der Waals surface area contributed by atoms with Crippen LogP contribution in [0.1, 0.15) is 19.4 Å². The zero-order valence-electron chi connectivity index (χ0n) is 12.0. The number of benzene rings is 1. The summed E-state index contributed by atoms with van der Waals surface area (Å²) in [5.74, 6) is -0.282. The summed E-state index contributed by atoms with van der Waals surface area (Å²) in [6.07, 6.45) is 0.958. The number of nitrogens with one attached hydrogen (secondary N) is 2. The molecule has 2 amide bonds. The predicted octanol–water partition coefficient (Wildman–Crippen LogP) is 0.690. The molecule has 0 unspecified atom stereocenters. The molecule has 0 fully saturated rings. The summed E-state index contributed by atoms with van der Waals surface area (Å²) >= 11 is 0. The molecule has 2 rings (SSSR count). The summed E-state index contributed by atoms with van der Waals surface area (Å²) in [5, 5.41) is 5.30. The Morgan fingerprint density at radius 1 is 1.25 bits per heavy atom. The zero-order valence-corrected chi connectivity index (χ0v) is 12.0. The quantitative estimate of drug-likeness (QED) is 0.831. The molecule has 1 heterocycles. The Labute approximate surface area is 119 Å². The van der Waals surface area contributed by atoms with E-state index in [2.05, 4.69) is 28.5 Å². The average molecular weight is 275 g/mol. The molecular formula is C15H21N3O2. The van der Waals surface area contributed by atoms with Crippen molar-refractivity contribution < 1.29 is 9.59 Å². The van der Waals surface area contributed by atoms with E-state index in [0.29, 0.717) is 12.6 Å². The van der Waals surface area contributed by atoms with Crippen molar-refractivity contribution in [1.29, 1.82) is 0 Å². The second-order valence-electron chi connectivity index (χ2n) is 5.04. The number of para-hydroxylation sites is 1. The second-order valence-corrected chi connectivity index (χ2v) is 5.04.